The average molecular weight is 329 g/mol. The number of methoxy groups -OCH3 is 1. The molecule has 0 heterocycles. The zero-order valence-electron chi connectivity index (χ0n) is 14.2. The van der Waals surface area contributed by atoms with Gasteiger partial charge in [0.05, 0.1) is 18.1 Å². The zero-order valence-corrected chi connectivity index (χ0v) is 15.0. The van der Waals surface area contributed by atoms with Gasteiger partial charge in [-0.2, -0.15) is 0 Å². The molecule has 0 atom stereocenters. The van der Waals surface area contributed by atoms with Crippen molar-refractivity contribution in [2.45, 2.75) is 39.0 Å². The summed E-state index contributed by atoms with van der Waals surface area (Å²) in [5.74, 6) is 0. The van der Waals surface area contributed by atoms with Gasteiger partial charge in [-0.3, -0.25) is 0 Å². The van der Waals surface area contributed by atoms with Crippen LogP contribution in [0.1, 0.15) is 28.7 Å². The van der Waals surface area contributed by atoms with Gasteiger partial charge in [0.25, 0.3) is 0 Å². The second-order valence-corrected chi connectivity index (χ2v) is 7.15. The van der Waals surface area contributed by atoms with E-state index in [1.54, 1.807) is 7.11 Å². The number of hydrogen-bond donors (Lipinski definition) is 1. The minimum absolute atomic E-state index is 0.362. The lowest BCUT2D eigenvalue weighted by atomic mass is 10.0. The Morgan fingerprint density at radius 3 is 2.14 bits per heavy atom. The van der Waals surface area contributed by atoms with Crippen LogP contribution in [0.5, 0.6) is 0 Å². The smallest absolute Gasteiger partial charge is 0.241 e. The third kappa shape index (κ3) is 5.05. The van der Waals surface area contributed by atoms with Crippen molar-refractivity contribution in [3.8, 4) is 0 Å². The van der Waals surface area contributed by atoms with Crippen LogP contribution in [0, 0.1) is 27.7 Å². The highest BCUT2D eigenvalue weighted by atomic mass is 32.2. The number of rotatable bonds is 9. The fraction of sp³-hybridized carbons (Fsp3) is 0.625. The van der Waals surface area contributed by atoms with Crippen molar-refractivity contribution in [2.24, 2.45) is 0 Å². The van der Waals surface area contributed by atoms with Crippen LogP contribution in [-0.4, -0.2) is 41.9 Å². The molecule has 0 aliphatic heterocycles. The average Bonchev–Trinajstić information content (AvgIpc) is 2.44. The third-order valence-electron chi connectivity index (χ3n) is 3.76. The lowest BCUT2D eigenvalue weighted by Crippen LogP contribution is -2.27. The van der Waals surface area contributed by atoms with Crippen LogP contribution >= 0.6 is 0 Å². The number of nitrogens with one attached hydrogen (secondary N) is 1. The maximum absolute atomic E-state index is 12.5. The van der Waals surface area contributed by atoms with Gasteiger partial charge in [0.2, 0.25) is 10.0 Å². The van der Waals surface area contributed by atoms with E-state index in [9.17, 15) is 8.42 Å². The van der Waals surface area contributed by atoms with Crippen molar-refractivity contribution in [1.29, 1.82) is 0 Å². The van der Waals surface area contributed by atoms with Crippen molar-refractivity contribution in [2.75, 3.05) is 33.5 Å². The Morgan fingerprint density at radius 1 is 1.00 bits per heavy atom. The van der Waals surface area contributed by atoms with Crippen molar-refractivity contribution in [3.63, 3.8) is 0 Å². The van der Waals surface area contributed by atoms with Crippen LogP contribution in [0.4, 0.5) is 0 Å². The van der Waals surface area contributed by atoms with Crippen LogP contribution in [0.2, 0.25) is 0 Å². The van der Waals surface area contributed by atoms with Crippen LogP contribution in [0.25, 0.3) is 0 Å². The van der Waals surface area contributed by atoms with Crippen molar-refractivity contribution in [3.05, 3.63) is 28.3 Å². The highest BCUT2D eigenvalue weighted by Gasteiger charge is 2.21. The number of hydrogen-bond acceptors (Lipinski definition) is 4. The largest absolute Gasteiger partial charge is 0.382 e. The monoisotopic (exact) mass is 329 g/mol. The molecule has 6 heteroatoms. The Labute approximate surface area is 134 Å². The first-order valence-electron chi connectivity index (χ1n) is 7.45. The van der Waals surface area contributed by atoms with Gasteiger partial charge in [-0.05, 0) is 56.4 Å². The number of benzene rings is 1. The zero-order chi connectivity index (χ0) is 16.8. The van der Waals surface area contributed by atoms with E-state index < -0.39 is 10.0 Å². The Kier molecular flexibility index (Phi) is 7.48. The second-order valence-electron chi connectivity index (χ2n) is 5.45. The molecular formula is C16H27NO4S. The highest BCUT2D eigenvalue weighted by Crippen LogP contribution is 2.25. The van der Waals surface area contributed by atoms with E-state index in [0.717, 1.165) is 22.3 Å². The quantitative estimate of drug-likeness (QED) is 0.706. The van der Waals surface area contributed by atoms with E-state index in [0.29, 0.717) is 37.7 Å². The van der Waals surface area contributed by atoms with E-state index >= 15 is 0 Å². The van der Waals surface area contributed by atoms with Gasteiger partial charge in [-0.15, -0.1) is 0 Å². The number of sulfonamides is 1. The summed E-state index contributed by atoms with van der Waals surface area (Å²) in [7, 11) is -1.88. The molecule has 5 nitrogen and oxygen atoms in total. The summed E-state index contributed by atoms with van der Waals surface area (Å²) >= 11 is 0. The summed E-state index contributed by atoms with van der Waals surface area (Å²) in [6.07, 6.45) is 0.631. The minimum atomic E-state index is -3.49. The molecule has 0 fully saturated rings. The molecule has 1 aromatic rings. The minimum Gasteiger partial charge on any atom is -0.382 e. The normalized spacial score (nSPS) is 11.9. The summed E-state index contributed by atoms with van der Waals surface area (Å²) < 4.78 is 37.9. The maximum Gasteiger partial charge on any atom is 0.241 e. The molecule has 0 aliphatic carbocycles. The fourth-order valence-electron chi connectivity index (χ4n) is 2.28. The Morgan fingerprint density at radius 2 is 1.59 bits per heavy atom. The van der Waals surface area contributed by atoms with Crippen molar-refractivity contribution in [1.82, 2.24) is 4.72 Å². The van der Waals surface area contributed by atoms with E-state index in [-0.39, 0.29) is 0 Å². The predicted octanol–water partition coefficient (Wildman–Crippen LogP) is 2.25. The first-order chi connectivity index (χ1) is 10.3. The van der Waals surface area contributed by atoms with Gasteiger partial charge in [0.1, 0.15) is 0 Å². The molecule has 1 N–H and O–H groups in total. The van der Waals surface area contributed by atoms with Gasteiger partial charge in [-0.1, -0.05) is 6.07 Å². The molecule has 0 aliphatic rings. The van der Waals surface area contributed by atoms with Gasteiger partial charge in [0, 0.05) is 20.3 Å². The van der Waals surface area contributed by atoms with Crippen molar-refractivity contribution < 1.29 is 17.9 Å². The number of ether oxygens (including phenoxy) is 2. The molecular weight excluding hydrogens is 302 g/mol. The molecule has 0 aromatic heterocycles. The SMILES string of the molecule is COCCOCCCNS(=O)(=O)c1c(C)c(C)cc(C)c1C. The Hall–Kier alpha value is -0.950. The molecule has 0 saturated carbocycles. The molecule has 0 radical (unpaired) electrons. The van der Waals surface area contributed by atoms with Crippen LogP contribution in [0.15, 0.2) is 11.0 Å². The molecule has 22 heavy (non-hydrogen) atoms. The molecule has 126 valence electrons. The summed E-state index contributed by atoms with van der Waals surface area (Å²) in [6, 6.07) is 2.02. The van der Waals surface area contributed by atoms with Gasteiger partial charge in [0.15, 0.2) is 0 Å². The highest BCUT2D eigenvalue weighted by molar-refractivity contribution is 7.89. The fourth-order valence-corrected chi connectivity index (χ4v) is 3.97. The van der Waals surface area contributed by atoms with Gasteiger partial charge < -0.3 is 9.47 Å². The third-order valence-corrected chi connectivity index (χ3v) is 5.49. The van der Waals surface area contributed by atoms with Gasteiger partial charge in [-0.25, -0.2) is 13.1 Å². The van der Waals surface area contributed by atoms with Crippen LogP contribution in [0.3, 0.4) is 0 Å². The van der Waals surface area contributed by atoms with Crippen molar-refractivity contribution >= 4 is 10.0 Å². The van der Waals surface area contributed by atoms with E-state index in [4.69, 9.17) is 9.47 Å². The predicted molar refractivity (Wildman–Crippen MR) is 87.9 cm³/mol. The summed E-state index contributed by atoms with van der Waals surface area (Å²) in [5, 5.41) is 0. The molecule has 1 rings (SSSR count). The summed E-state index contributed by atoms with van der Waals surface area (Å²) in [6.45, 7) is 9.52. The molecule has 1 aromatic carbocycles. The molecule has 0 unspecified atom stereocenters. The lowest BCUT2D eigenvalue weighted by molar-refractivity contribution is 0.0699. The summed E-state index contributed by atoms with van der Waals surface area (Å²) in [5.41, 5.74) is 3.61. The molecule has 0 spiro atoms. The molecule has 0 amide bonds. The lowest BCUT2D eigenvalue weighted by Gasteiger charge is -2.16. The topological polar surface area (TPSA) is 64.6 Å². The molecule has 0 saturated heterocycles. The van der Waals surface area contributed by atoms with E-state index in [1.807, 2.05) is 33.8 Å². The Bertz CT molecular complexity index is 570. The van der Waals surface area contributed by atoms with E-state index in [1.165, 1.54) is 0 Å². The van der Waals surface area contributed by atoms with Crippen LogP contribution < -0.4 is 4.72 Å². The summed E-state index contributed by atoms with van der Waals surface area (Å²) in [4.78, 5) is 0.408. The molecule has 0 bridgehead atoms. The van der Waals surface area contributed by atoms with Gasteiger partial charge >= 0.3 is 0 Å². The standard InChI is InChI=1S/C16H27NO4S/c1-12-11-13(2)15(4)16(14(12)3)22(18,19)17-7-6-8-21-10-9-20-5/h11,17H,6-10H2,1-5H3. The van der Waals surface area contributed by atoms with Crippen LogP contribution in [-0.2, 0) is 19.5 Å². The Balaban J connectivity index is 2.68. The second kappa shape index (κ2) is 8.62. The number of aryl methyl sites for hydroxylation is 2. The first kappa shape index (κ1) is 19.1. The van der Waals surface area contributed by atoms with E-state index in [2.05, 4.69) is 4.72 Å². The first-order valence-corrected chi connectivity index (χ1v) is 8.93. The maximum atomic E-state index is 12.5.